The quantitative estimate of drug-likeness (QED) is 0.514. The van der Waals surface area contributed by atoms with Crippen molar-refractivity contribution in [2.75, 3.05) is 12.4 Å². The topological polar surface area (TPSA) is 92.8 Å². The molecular formula is C21H17N5O2. The lowest BCUT2D eigenvalue weighted by Crippen LogP contribution is -2.03. The predicted molar refractivity (Wildman–Crippen MR) is 106 cm³/mol. The molecule has 7 heteroatoms. The highest BCUT2D eigenvalue weighted by Gasteiger charge is 2.12. The zero-order chi connectivity index (χ0) is 19.3. The van der Waals surface area contributed by atoms with E-state index >= 15 is 0 Å². The fraction of sp³-hybridized carbons (Fsp3) is 0.0476. The minimum absolute atomic E-state index is 0.399. The molecule has 0 spiro atoms. The van der Waals surface area contributed by atoms with E-state index < -0.39 is 5.97 Å². The largest absolute Gasteiger partial charge is 0.465 e. The minimum Gasteiger partial charge on any atom is -0.465 e. The molecule has 2 aromatic heterocycles. The van der Waals surface area contributed by atoms with Crippen LogP contribution in [0, 0.1) is 0 Å². The van der Waals surface area contributed by atoms with E-state index in [1.165, 1.54) is 7.11 Å². The first kappa shape index (κ1) is 17.4. The molecule has 0 saturated carbocycles. The van der Waals surface area contributed by atoms with Crippen LogP contribution in [0.1, 0.15) is 10.4 Å². The van der Waals surface area contributed by atoms with Crippen LogP contribution in [-0.4, -0.2) is 33.2 Å². The minimum atomic E-state index is -0.399. The molecule has 0 aliphatic rings. The molecule has 0 amide bonds. The summed E-state index contributed by atoms with van der Waals surface area (Å²) in [5.41, 5.74) is 4.65. The molecule has 2 N–H and O–H groups in total. The van der Waals surface area contributed by atoms with Crippen molar-refractivity contribution >= 4 is 17.6 Å². The van der Waals surface area contributed by atoms with Crippen LogP contribution in [-0.2, 0) is 4.74 Å². The van der Waals surface area contributed by atoms with Gasteiger partial charge >= 0.3 is 5.97 Å². The molecule has 138 valence electrons. The van der Waals surface area contributed by atoms with E-state index in [0.717, 1.165) is 22.5 Å². The summed E-state index contributed by atoms with van der Waals surface area (Å²) in [4.78, 5) is 20.6. The van der Waals surface area contributed by atoms with Gasteiger partial charge < -0.3 is 10.1 Å². The Morgan fingerprint density at radius 2 is 1.93 bits per heavy atom. The number of anilines is 2. The van der Waals surface area contributed by atoms with E-state index in [-0.39, 0.29) is 0 Å². The van der Waals surface area contributed by atoms with Gasteiger partial charge in [-0.2, -0.15) is 5.10 Å². The number of H-pyrrole nitrogens is 1. The maximum absolute atomic E-state index is 11.7. The van der Waals surface area contributed by atoms with Gasteiger partial charge in [0.25, 0.3) is 0 Å². The first-order valence-electron chi connectivity index (χ1n) is 8.62. The molecular weight excluding hydrogens is 354 g/mol. The van der Waals surface area contributed by atoms with Gasteiger partial charge in [0.1, 0.15) is 0 Å². The third kappa shape index (κ3) is 3.59. The van der Waals surface area contributed by atoms with Crippen molar-refractivity contribution < 1.29 is 9.53 Å². The third-order valence-corrected chi connectivity index (χ3v) is 4.17. The number of hydrogen-bond acceptors (Lipinski definition) is 6. The van der Waals surface area contributed by atoms with E-state index in [0.29, 0.717) is 17.2 Å². The molecule has 0 aliphatic carbocycles. The fourth-order valence-corrected chi connectivity index (χ4v) is 2.85. The Kier molecular flexibility index (Phi) is 4.79. The molecule has 4 aromatic rings. The Hall–Kier alpha value is -4.00. The molecule has 2 aromatic carbocycles. The number of carbonyl (C=O) groups is 1. The van der Waals surface area contributed by atoms with E-state index in [4.69, 9.17) is 4.74 Å². The third-order valence-electron chi connectivity index (χ3n) is 4.17. The van der Waals surface area contributed by atoms with Crippen LogP contribution in [0.4, 0.5) is 11.6 Å². The summed E-state index contributed by atoms with van der Waals surface area (Å²) >= 11 is 0. The van der Waals surface area contributed by atoms with E-state index in [9.17, 15) is 4.79 Å². The number of esters is 1. The smallest absolute Gasteiger partial charge is 0.337 e. The molecule has 0 fully saturated rings. The molecule has 4 rings (SSSR count). The van der Waals surface area contributed by atoms with E-state index in [2.05, 4.69) is 25.5 Å². The highest BCUT2D eigenvalue weighted by molar-refractivity contribution is 5.90. The number of nitrogens with zero attached hydrogens (tertiary/aromatic N) is 3. The Bertz CT molecular complexity index is 1110. The fourth-order valence-electron chi connectivity index (χ4n) is 2.85. The van der Waals surface area contributed by atoms with Crippen LogP contribution in [0.25, 0.3) is 22.5 Å². The van der Waals surface area contributed by atoms with Crippen molar-refractivity contribution in [2.24, 2.45) is 0 Å². The second-order valence-electron chi connectivity index (χ2n) is 5.99. The van der Waals surface area contributed by atoms with Gasteiger partial charge in [-0.3, -0.25) is 5.10 Å². The molecule has 0 aliphatic heterocycles. The maximum Gasteiger partial charge on any atom is 0.337 e. The summed E-state index contributed by atoms with van der Waals surface area (Å²) < 4.78 is 4.76. The van der Waals surface area contributed by atoms with Gasteiger partial charge in [0.2, 0.25) is 5.95 Å². The second kappa shape index (κ2) is 7.71. The molecule has 2 heterocycles. The standard InChI is InChI=1S/C21H17N5O2/c1-28-20(27)15-8-5-9-16(12-15)24-21-22-11-10-18(25-21)17-13-23-26-19(17)14-6-3-2-4-7-14/h2-13H,1H3,(H,23,26)(H,22,24,25). The number of aromatic nitrogens is 4. The first-order valence-corrected chi connectivity index (χ1v) is 8.62. The molecule has 0 radical (unpaired) electrons. The predicted octanol–water partition coefficient (Wildman–Crippen LogP) is 4.06. The van der Waals surface area contributed by atoms with Gasteiger partial charge in [0.15, 0.2) is 0 Å². The monoisotopic (exact) mass is 371 g/mol. The normalized spacial score (nSPS) is 10.5. The molecule has 28 heavy (non-hydrogen) atoms. The van der Waals surface area contributed by atoms with E-state index in [1.54, 1.807) is 30.6 Å². The van der Waals surface area contributed by atoms with E-state index in [1.807, 2.05) is 42.5 Å². The highest BCUT2D eigenvalue weighted by atomic mass is 16.5. The lowest BCUT2D eigenvalue weighted by molar-refractivity contribution is 0.0601. The summed E-state index contributed by atoms with van der Waals surface area (Å²) in [5, 5.41) is 10.3. The van der Waals surface area contributed by atoms with Crippen LogP contribution >= 0.6 is 0 Å². The summed E-state index contributed by atoms with van der Waals surface area (Å²) in [6, 6.07) is 18.7. The first-order chi connectivity index (χ1) is 13.7. The Labute approximate surface area is 161 Å². The zero-order valence-corrected chi connectivity index (χ0v) is 15.1. The van der Waals surface area contributed by atoms with Crippen LogP contribution in [0.2, 0.25) is 0 Å². The molecule has 0 atom stereocenters. The number of aromatic amines is 1. The zero-order valence-electron chi connectivity index (χ0n) is 15.1. The number of rotatable bonds is 5. The average molecular weight is 371 g/mol. The number of methoxy groups -OCH3 is 1. The number of benzene rings is 2. The number of hydrogen-bond donors (Lipinski definition) is 2. The molecule has 0 unspecified atom stereocenters. The molecule has 0 bridgehead atoms. The maximum atomic E-state index is 11.7. The van der Waals surface area contributed by atoms with Crippen molar-refractivity contribution in [3.05, 3.63) is 78.6 Å². The lowest BCUT2D eigenvalue weighted by atomic mass is 10.1. The van der Waals surface area contributed by atoms with Crippen molar-refractivity contribution in [2.45, 2.75) is 0 Å². The van der Waals surface area contributed by atoms with Crippen molar-refractivity contribution in [3.63, 3.8) is 0 Å². The molecule has 7 nitrogen and oxygen atoms in total. The SMILES string of the molecule is COC(=O)c1cccc(Nc2nccc(-c3cn[nH]c3-c3ccccc3)n2)c1. The summed E-state index contributed by atoms with van der Waals surface area (Å²) in [5.74, 6) is 0.0175. The Morgan fingerprint density at radius 3 is 2.75 bits per heavy atom. The van der Waals surface area contributed by atoms with Gasteiger partial charge in [0.05, 0.1) is 30.3 Å². The van der Waals surface area contributed by atoms with Crippen LogP contribution in [0.3, 0.4) is 0 Å². The number of ether oxygens (including phenoxy) is 1. The van der Waals surface area contributed by atoms with Gasteiger partial charge in [0, 0.05) is 23.0 Å². The van der Waals surface area contributed by atoms with Crippen LogP contribution in [0.5, 0.6) is 0 Å². The summed E-state index contributed by atoms with van der Waals surface area (Å²) in [6.07, 6.45) is 3.42. The number of carbonyl (C=O) groups excluding carboxylic acids is 1. The highest BCUT2D eigenvalue weighted by Crippen LogP contribution is 2.29. The number of nitrogens with one attached hydrogen (secondary N) is 2. The van der Waals surface area contributed by atoms with Crippen LogP contribution < -0.4 is 5.32 Å². The average Bonchev–Trinajstić information content (AvgIpc) is 3.24. The van der Waals surface area contributed by atoms with Gasteiger partial charge in [-0.25, -0.2) is 14.8 Å². The van der Waals surface area contributed by atoms with Crippen molar-refractivity contribution in [1.29, 1.82) is 0 Å². The van der Waals surface area contributed by atoms with Crippen molar-refractivity contribution in [3.8, 4) is 22.5 Å². The van der Waals surface area contributed by atoms with Gasteiger partial charge in [-0.05, 0) is 24.3 Å². The second-order valence-corrected chi connectivity index (χ2v) is 5.99. The Balaban J connectivity index is 1.64. The summed E-state index contributed by atoms with van der Waals surface area (Å²) in [7, 11) is 1.35. The lowest BCUT2D eigenvalue weighted by Gasteiger charge is -2.08. The van der Waals surface area contributed by atoms with Gasteiger partial charge in [-0.15, -0.1) is 0 Å². The van der Waals surface area contributed by atoms with Crippen LogP contribution in [0.15, 0.2) is 73.1 Å². The van der Waals surface area contributed by atoms with Crippen molar-refractivity contribution in [1.82, 2.24) is 20.2 Å². The summed E-state index contributed by atoms with van der Waals surface area (Å²) in [6.45, 7) is 0. The van der Waals surface area contributed by atoms with Gasteiger partial charge in [-0.1, -0.05) is 36.4 Å². The Morgan fingerprint density at radius 1 is 1.07 bits per heavy atom. The molecule has 0 saturated heterocycles.